The third-order valence-electron chi connectivity index (χ3n) is 3.36. The van der Waals surface area contributed by atoms with E-state index < -0.39 is 19.2 Å². The van der Waals surface area contributed by atoms with Gasteiger partial charge in [-0.25, -0.2) is 0 Å². The Morgan fingerprint density at radius 1 is 0.600 bits per heavy atom. The van der Waals surface area contributed by atoms with Crippen molar-refractivity contribution in [2.75, 3.05) is 0 Å². The van der Waals surface area contributed by atoms with Crippen LogP contribution in [0.15, 0.2) is 48.5 Å². The lowest BCUT2D eigenvalue weighted by Crippen LogP contribution is -2.18. The Balaban J connectivity index is 2.10. The molecule has 0 aromatic heterocycles. The van der Waals surface area contributed by atoms with Crippen molar-refractivity contribution < 1.29 is 9.59 Å². The van der Waals surface area contributed by atoms with Gasteiger partial charge in [0.15, 0.2) is 0 Å². The molecule has 0 saturated carbocycles. The van der Waals surface area contributed by atoms with Crippen LogP contribution < -0.4 is 0 Å². The quantitative estimate of drug-likeness (QED) is 0.393. The molecule has 0 aliphatic rings. The molecule has 0 aliphatic carbocycles. The van der Waals surface area contributed by atoms with Crippen molar-refractivity contribution >= 4 is 81.2 Å². The fourth-order valence-corrected chi connectivity index (χ4v) is 2.77. The summed E-state index contributed by atoms with van der Waals surface area (Å²) in [6, 6.07) is 13.5. The minimum Gasteiger partial charge on any atom is -0.289 e. The van der Waals surface area contributed by atoms with Crippen molar-refractivity contribution in [3.63, 3.8) is 0 Å². The molecule has 0 N–H and O–H groups in total. The number of ketones is 2. The number of hydrogen-bond donors (Lipinski definition) is 0. The Hall–Kier alpha value is -0.480. The topological polar surface area (TPSA) is 34.1 Å². The molecule has 0 atom stereocenters. The van der Waals surface area contributed by atoms with E-state index in [9.17, 15) is 9.59 Å². The van der Waals surface area contributed by atoms with E-state index in [4.69, 9.17) is 69.6 Å². The van der Waals surface area contributed by atoms with Gasteiger partial charge < -0.3 is 0 Å². The highest BCUT2D eigenvalue weighted by Gasteiger charge is 2.32. The number of carbonyl (C=O) groups is 2. The lowest BCUT2D eigenvalue weighted by Gasteiger charge is -2.11. The van der Waals surface area contributed by atoms with E-state index in [1.807, 2.05) is 0 Å². The summed E-state index contributed by atoms with van der Waals surface area (Å²) in [7, 11) is 0. The molecule has 0 heterocycles. The molecule has 0 amide bonds. The Bertz CT molecular complexity index is 703. The normalized spacial score (nSPS) is 12.1. The van der Waals surface area contributed by atoms with Crippen LogP contribution in [-0.2, 0) is 6.42 Å². The number of hydrogen-bond acceptors (Lipinski definition) is 2. The minimum absolute atomic E-state index is 0.312. The maximum absolute atomic E-state index is 11.9. The predicted molar refractivity (Wildman–Crippen MR) is 105 cm³/mol. The van der Waals surface area contributed by atoms with Crippen molar-refractivity contribution in [3.8, 4) is 0 Å². The zero-order valence-corrected chi connectivity index (χ0v) is 16.9. The summed E-state index contributed by atoms with van der Waals surface area (Å²) in [5.74, 6) is -1.17. The highest BCUT2D eigenvalue weighted by Crippen LogP contribution is 2.31. The summed E-state index contributed by atoms with van der Waals surface area (Å²) in [6.07, 6.45) is 0.588. The molecular formula is C17H10Cl6O2. The second-order valence-corrected chi connectivity index (χ2v) is 9.79. The van der Waals surface area contributed by atoms with Crippen molar-refractivity contribution in [2.24, 2.45) is 0 Å². The molecule has 2 rings (SSSR count). The average molecular weight is 459 g/mol. The van der Waals surface area contributed by atoms with Gasteiger partial charge in [-0.2, -0.15) is 0 Å². The zero-order chi connectivity index (χ0) is 18.8. The molecule has 25 heavy (non-hydrogen) atoms. The van der Waals surface area contributed by atoms with Gasteiger partial charge in [-0.15, -0.1) is 0 Å². The molecule has 0 aliphatic heterocycles. The minimum atomic E-state index is -1.98. The van der Waals surface area contributed by atoms with Crippen molar-refractivity contribution in [1.82, 2.24) is 0 Å². The standard InChI is InChI=1S/C17H10Cl6O2/c18-16(19,20)14(24)12-5-1-10(2-6-12)9-11-3-7-13(8-4-11)15(25)17(21,22)23/h1-8H,9H2. The fourth-order valence-electron chi connectivity index (χ4n) is 2.11. The molecule has 132 valence electrons. The first-order chi connectivity index (χ1) is 11.5. The monoisotopic (exact) mass is 456 g/mol. The lowest BCUT2D eigenvalue weighted by molar-refractivity contribution is 0.0988. The van der Waals surface area contributed by atoms with Gasteiger partial charge in [0.05, 0.1) is 0 Å². The molecule has 0 radical (unpaired) electrons. The Morgan fingerprint density at radius 2 is 0.880 bits per heavy atom. The number of halogens is 6. The van der Waals surface area contributed by atoms with Crippen LogP contribution in [-0.4, -0.2) is 19.2 Å². The molecule has 0 saturated heterocycles. The summed E-state index contributed by atoms with van der Waals surface area (Å²) in [6.45, 7) is 0. The van der Waals surface area contributed by atoms with E-state index in [0.717, 1.165) is 11.1 Å². The van der Waals surface area contributed by atoms with Crippen molar-refractivity contribution in [2.45, 2.75) is 14.0 Å². The molecule has 0 fully saturated rings. The lowest BCUT2D eigenvalue weighted by atomic mass is 10.0. The first kappa shape index (κ1) is 20.8. The summed E-state index contributed by atoms with van der Waals surface area (Å²) < 4.78 is -3.96. The van der Waals surface area contributed by atoms with Gasteiger partial charge in [0.2, 0.25) is 11.6 Å². The smallest absolute Gasteiger partial charge is 0.253 e. The van der Waals surface area contributed by atoms with Gasteiger partial charge in [-0.1, -0.05) is 118 Å². The molecule has 2 aromatic carbocycles. The van der Waals surface area contributed by atoms with E-state index in [2.05, 4.69) is 0 Å². The molecule has 8 heteroatoms. The van der Waals surface area contributed by atoms with Gasteiger partial charge in [0.25, 0.3) is 7.59 Å². The Morgan fingerprint density at radius 3 is 1.12 bits per heavy atom. The van der Waals surface area contributed by atoms with E-state index in [-0.39, 0.29) is 0 Å². The Labute approximate surface area is 174 Å². The fraction of sp³-hybridized carbons (Fsp3) is 0.176. The third kappa shape index (κ3) is 5.75. The second kappa shape index (κ2) is 8.04. The SMILES string of the molecule is O=C(c1ccc(Cc2ccc(C(=O)C(Cl)(Cl)Cl)cc2)cc1)C(Cl)(Cl)Cl. The first-order valence-corrected chi connectivity index (χ1v) is 9.16. The molecular weight excluding hydrogens is 449 g/mol. The number of rotatable bonds is 4. The largest absolute Gasteiger partial charge is 0.289 e. The highest BCUT2D eigenvalue weighted by atomic mass is 35.6. The van der Waals surface area contributed by atoms with Crippen LogP contribution >= 0.6 is 69.6 Å². The average Bonchev–Trinajstić information content (AvgIpc) is 2.53. The van der Waals surface area contributed by atoms with Crippen LogP contribution in [0, 0.1) is 0 Å². The molecule has 2 nitrogen and oxygen atoms in total. The van der Waals surface area contributed by atoms with E-state index in [0.29, 0.717) is 17.5 Å². The summed E-state index contributed by atoms with van der Waals surface area (Å²) >= 11 is 33.5. The summed E-state index contributed by atoms with van der Waals surface area (Å²) in [5.41, 5.74) is 2.52. The van der Waals surface area contributed by atoms with Gasteiger partial charge in [-0.05, 0) is 17.5 Å². The van der Waals surface area contributed by atoms with Crippen LogP contribution in [0.1, 0.15) is 31.8 Å². The van der Waals surface area contributed by atoms with Gasteiger partial charge >= 0.3 is 0 Å². The molecule has 0 unspecified atom stereocenters. The van der Waals surface area contributed by atoms with Crippen molar-refractivity contribution in [3.05, 3.63) is 70.8 Å². The molecule has 2 aromatic rings. The number of Topliss-reactive ketones (excluding diaryl/α,β-unsaturated/α-hetero) is 2. The first-order valence-electron chi connectivity index (χ1n) is 6.89. The summed E-state index contributed by atoms with van der Waals surface area (Å²) in [5, 5.41) is 0. The van der Waals surface area contributed by atoms with Crippen LogP contribution in [0.2, 0.25) is 0 Å². The maximum Gasteiger partial charge on any atom is 0.253 e. The number of benzene rings is 2. The van der Waals surface area contributed by atoms with Crippen LogP contribution in [0.3, 0.4) is 0 Å². The third-order valence-corrected chi connectivity index (χ3v) is 4.39. The molecule has 0 spiro atoms. The Kier molecular flexibility index (Phi) is 6.70. The van der Waals surface area contributed by atoms with E-state index in [1.165, 1.54) is 0 Å². The number of alkyl halides is 6. The van der Waals surface area contributed by atoms with Gasteiger partial charge in [0.1, 0.15) is 0 Å². The number of carbonyl (C=O) groups excluding carboxylic acids is 2. The summed E-state index contributed by atoms with van der Waals surface area (Å²) in [4.78, 5) is 23.7. The second-order valence-electron chi connectivity index (χ2n) is 5.22. The van der Waals surface area contributed by atoms with Crippen LogP contribution in [0.25, 0.3) is 0 Å². The molecule has 0 bridgehead atoms. The van der Waals surface area contributed by atoms with E-state index >= 15 is 0 Å². The van der Waals surface area contributed by atoms with Gasteiger partial charge in [-0.3, -0.25) is 9.59 Å². The zero-order valence-electron chi connectivity index (χ0n) is 12.4. The van der Waals surface area contributed by atoms with Crippen LogP contribution in [0.5, 0.6) is 0 Å². The highest BCUT2D eigenvalue weighted by molar-refractivity contribution is 6.78. The van der Waals surface area contributed by atoms with Crippen molar-refractivity contribution in [1.29, 1.82) is 0 Å². The van der Waals surface area contributed by atoms with Crippen LogP contribution in [0.4, 0.5) is 0 Å². The predicted octanol–water partition coefficient (Wildman–Crippen LogP) is 6.38. The van der Waals surface area contributed by atoms with E-state index in [1.54, 1.807) is 48.5 Å². The maximum atomic E-state index is 11.9. The van der Waals surface area contributed by atoms with Gasteiger partial charge in [0, 0.05) is 11.1 Å².